The molecule has 0 heterocycles. The Kier molecular flexibility index (Phi) is 22.1. The first-order valence-corrected chi connectivity index (χ1v) is 8.60. The second-order valence-electron chi connectivity index (χ2n) is 5.81. The van der Waals surface area contributed by atoms with E-state index in [2.05, 4.69) is 6.92 Å². The van der Waals surface area contributed by atoms with Crippen molar-refractivity contribution in [2.24, 2.45) is 0 Å². The van der Waals surface area contributed by atoms with Crippen LogP contribution < -0.4 is 29.6 Å². The van der Waals surface area contributed by atoms with Gasteiger partial charge in [0.1, 0.15) is 18.5 Å². The maximum Gasteiger partial charge on any atom is 1.00 e. The molecule has 0 aliphatic rings. The molecular weight excluding hydrogens is 291 g/mol. The van der Waals surface area contributed by atoms with Gasteiger partial charge < -0.3 is 21.2 Å². The zero-order valence-corrected chi connectivity index (χ0v) is 16.6. The zero-order valence-electron chi connectivity index (χ0n) is 15.6. The number of carbonyl (C=O) groups excluding carboxylic acids is 1. The molecular formula is C17H35NaO4. The Morgan fingerprint density at radius 1 is 1.00 bits per heavy atom. The number of aliphatic hydroxyl groups is 2. The smallest absolute Gasteiger partial charge is 1.00 e. The minimum atomic E-state index is -0.889. The van der Waals surface area contributed by atoms with Crippen LogP contribution in [-0.4, -0.2) is 41.9 Å². The molecule has 0 aromatic rings. The summed E-state index contributed by atoms with van der Waals surface area (Å²) < 4.78 is 5.25. The van der Waals surface area contributed by atoms with Crippen LogP contribution in [0.2, 0.25) is 0 Å². The molecule has 128 valence electrons. The molecule has 5 heteroatoms. The normalized spacial score (nSPS) is 13.4. The third kappa shape index (κ3) is 16.9. The molecule has 0 aliphatic heterocycles. The van der Waals surface area contributed by atoms with Gasteiger partial charge in [0.25, 0.3) is 0 Å². The molecule has 0 aliphatic carbocycles. The Hall–Kier alpha value is 0.550. The van der Waals surface area contributed by atoms with Gasteiger partial charge >= 0.3 is 29.6 Å². The van der Waals surface area contributed by atoms with Crippen molar-refractivity contribution in [1.29, 1.82) is 0 Å². The number of hydrogen-bond donors (Lipinski definition) is 2. The van der Waals surface area contributed by atoms with Crippen LogP contribution in [0.4, 0.5) is 0 Å². The second kappa shape index (κ2) is 19.6. The Morgan fingerprint density at radius 3 is 1.95 bits per heavy atom. The van der Waals surface area contributed by atoms with E-state index in [-0.39, 0.29) is 44.2 Å². The Labute approximate surface area is 159 Å². The summed E-state index contributed by atoms with van der Waals surface area (Å²) in [4.78, 5) is 10.8. The van der Waals surface area contributed by atoms with Crippen molar-refractivity contribution in [1.82, 2.24) is 0 Å². The molecule has 2 atom stereocenters. The molecule has 4 nitrogen and oxygen atoms in total. The van der Waals surface area contributed by atoms with E-state index >= 15 is 0 Å². The Bertz CT molecular complexity index is 233. The zero-order chi connectivity index (χ0) is 15.8. The summed E-state index contributed by atoms with van der Waals surface area (Å²) in [5, 5.41) is 17.8. The van der Waals surface area contributed by atoms with Crippen LogP contribution in [0.15, 0.2) is 0 Å². The molecule has 0 bridgehead atoms. The molecule has 0 saturated carbocycles. The quantitative estimate of drug-likeness (QED) is 0.244. The van der Waals surface area contributed by atoms with Crippen molar-refractivity contribution < 1.29 is 50.7 Å². The van der Waals surface area contributed by atoms with Crippen molar-refractivity contribution in [3.8, 4) is 0 Å². The Balaban J connectivity index is -0.00000200. The molecule has 0 aromatic carbocycles. The van der Waals surface area contributed by atoms with Crippen LogP contribution in [0.5, 0.6) is 0 Å². The number of rotatable bonds is 16. The van der Waals surface area contributed by atoms with Crippen LogP contribution in [0.25, 0.3) is 0 Å². The van der Waals surface area contributed by atoms with Gasteiger partial charge in [0.2, 0.25) is 0 Å². The first-order chi connectivity index (χ1) is 10.2. The maximum atomic E-state index is 10.8. The van der Waals surface area contributed by atoms with Crippen LogP contribution >= 0.6 is 0 Å². The van der Waals surface area contributed by atoms with Crippen LogP contribution in [-0.2, 0) is 9.53 Å². The van der Waals surface area contributed by atoms with Crippen molar-refractivity contribution >= 4 is 6.29 Å². The average Bonchev–Trinajstić information content (AvgIpc) is 2.51. The summed E-state index contributed by atoms with van der Waals surface area (Å²) in [6.07, 6.45) is 12.8. The molecule has 0 fully saturated rings. The predicted octanol–water partition coefficient (Wildman–Crippen LogP) is 0.351. The number of carbonyl (C=O) groups is 1. The summed E-state index contributed by atoms with van der Waals surface area (Å²) in [7, 11) is 0. The summed E-state index contributed by atoms with van der Waals surface area (Å²) in [6, 6.07) is 0. The van der Waals surface area contributed by atoms with Gasteiger partial charge in [0.15, 0.2) is 0 Å². The second-order valence-corrected chi connectivity index (χ2v) is 5.81. The molecule has 0 saturated heterocycles. The number of unbranched alkanes of at least 4 members (excludes halogenated alkanes) is 9. The average molecular weight is 326 g/mol. The largest absolute Gasteiger partial charge is 1.00 e. The monoisotopic (exact) mass is 326 g/mol. The van der Waals surface area contributed by atoms with E-state index in [0.717, 1.165) is 19.1 Å². The van der Waals surface area contributed by atoms with Crippen molar-refractivity contribution in [3.05, 3.63) is 0 Å². The molecule has 0 amide bonds. The minimum absolute atomic E-state index is 0. The number of aliphatic hydroxyl groups excluding tert-OH is 2. The van der Waals surface area contributed by atoms with Crippen molar-refractivity contribution in [3.63, 3.8) is 0 Å². The van der Waals surface area contributed by atoms with Gasteiger partial charge in [0, 0.05) is 0 Å². The molecule has 0 aromatic heterocycles. The fourth-order valence-corrected chi connectivity index (χ4v) is 2.31. The van der Waals surface area contributed by atoms with Crippen molar-refractivity contribution in [2.45, 2.75) is 89.8 Å². The van der Waals surface area contributed by atoms with Crippen LogP contribution in [0.1, 0.15) is 79.0 Å². The number of hydrogen-bond acceptors (Lipinski definition) is 4. The molecule has 0 radical (unpaired) electrons. The van der Waals surface area contributed by atoms with Crippen molar-refractivity contribution in [2.75, 3.05) is 13.2 Å². The molecule has 0 spiro atoms. The van der Waals surface area contributed by atoms with Crippen LogP contribution in [0.3, 0.4) is 0 Å². The maximum absolute atomic E-state index is 10.8. The minimum Gasteiger partial charge on any atom is -1.00 e. The van der Waals surface area contributed by atoms with E-state index < -0.39 is 12.2 Å². The van der Waals surface area contributed by atoms with Gasteiger partial charge in [-0.15, -0.1) is 0 Å². The fourth-order valence-electron chi connectivity index (χ4n) is 2.31. The van der Waals surface area contributed by atoms with Gasteiger partial charge in [0.05, 0.1) is 13.2 Å². The van der Waals surface area contributed by atoms with E-state index in [1.165, 1.54) is 51.4 Å². The summed E-state index contributed by atoms with van der Waals surface area (Å²) in [5.74, 6) is 0. The van der Waals surface area contributed by atoms with E-state index in [1.807, 2.05) is 0 Å². The third-order valence-electron chi connectivity index (χ3n) is 3.71. The van der Waals surface area contributed by atoms with Gasteiger partial charge in [-0.3, -0.25) is 0 Å². The standard InChI is InChI=1S/C17H34O4.Na.H/c1-2-3-4-5-6-7-8-9-10-11-12-17(14-19)21-15-16(20)13-18;;/h14,16-18,20H,2-13,15H2,1H3;;/q;+1;-1. The van der Waals surface area contributed by atoms with Gasteiger partial charge in [-0.2, -0.15) is 0 Å². The van der Waals surface area contributed by atoms with Crippen LogP contribution in [0, 0.1) is 0 Å². The topological polar surface area (TPSA) is 66.8 Å². The fraction of sp³-hybridized carbons (Fsp3) is 0.941. The predicted molar refractivity (Wildman–Crippen MR) is 86.5 cm³/mol. The summed E-state index contributed by atoms with van der Waals surface area (Å²) >= 11 is 0. The molecule has 2 N–H and O–H groups in total. The van der Waals surface area contributed by atoms with E-state index in [9.17, 15) is 4.79 Å². The molecule has 0 rings (SSSR count). The van der Waals surface area contributed by atoms with E-state index in [4.69, 9.17) is 14.9 Å². The molecule has 2 unspecified atom stereocenters. The summed E-state index contributed by atoms with van der Waals surface area (Å²) in [6.45, 7) is 1.93. The van der Waals surface area contributed by atoms with Gasteiger partial charge in [-0.25, -0.2) is 0 Å². The number of ether oxygens (including phenoxy) is 1. The third-order valence-corrected chi connectivity index (χ3v) is 3.71. The summed E-state index contributed by atoms with van der Waals surface area (Å²) in [5.41, 5.74) is 0. The first kappa shape index (κ1) is 24.8. The van der Waals surface area contributed by atoms with Gasteiger partial charge in [-0.05, 0) is 6.42 Å². The van der Waals surface area contributed by atoms with Gasteiger partial charge in [-0.1, -0.05) is 71.1 Å². The molecule has 22 heavy (non-hydrogen) atoms. The van der Waals surface area contributed by atoms with E-state index in [0.29, 0.717) is 6.42 Å². The first-order valence-electron chi connectivity index (χ1n) is 8.60. The number of aldehydes is 1. The van der Waals surface area contributed by atoms with E-state index in [1.54, 1.807) is 0 Å². The SMILES string of the molecule is CCCCCCCCCCCCC(C=O)OCC(O)CO.[H-].[Na+]. The Morgan fingerprint density at radius 2 is 1.50 bits per heavy atom.